The lowest BCUT2D eigenvalue weighted by Crippen LogP contribution is -2.61. The normalized spacial score (nSPS) is 15.4. The Bertz CT molecular complexity index is 997. The molecule has 4 rings (SSSR count). The molecule has 0 radical (unpaired) electrons. The topological polar surface area (TPSA) is 105 Å². The summed E-state index contributed by atoms with van der Waals surface area (Å²) in [4.78, 5) is 38.4. The summed E-state index contributed by atoms with van der Waals surface area (Å²) in [7, 11) is 1.22. The zero-order valence-corrected chi connectivity index (χ0v) is 15.8. The summed E-state index contributed by atoms with van der Waals surface area (Å²) in [6, 6.07) is 9.22. The maximum absolute atomic E-state index is 12.6. The second kappa shape index (κ2) is 7.56. The van der Waals surface area contributed by atoms with E-state index in [-0.39, 0.29) is 28.8 Å². The van der Waals surface area contributed by atoms with Crippen molar-refractivity contribution >= 4 is 17.8 Å². The number of hydrogen-bond acceptors (Lipinski definition) is 6. The van der Waals surface area contributed by atoms with E-state index in [2.05, 4.69) is 10.1 Å². The van der Waals surface area contributed by atoms with Crippen LogP contribution < -0.4 is 5.32 Å². The number of nitrogens with one attached hydrogen (secondary N) is 1. The highest BCUT2D eigenvalue weighted by Gasteiger charge is 2.33. The Labute approximate surface area is 167 Å². The van der Waals surface area contributed by atoms with Crippen molar-refractivity contribution in [2.45, 2.75) is 19.3 Å². The number of phenols is 1. The molecule has 8 heteroatoms. The average molecular weight is 396 g/mol. The molecule has 2 aliphatic heterocycles. The second-order valence-electron chi connectivity index (χ2n) is 7.12. The minimum Gasteiger partial charge on any atom is -0.508 e. The summed E-state index contributed by atoms with van der Waals surface area (Å²) >= 11 is 0. The third-order valence-electron chi connectivity index (χ3n) is 5.07. The molecule has 29 heavy (non-hydrogen) atoms. The standard InChI is InChI=1S/C21H20N2O6/c1-28-21(27)15-5-14(6-18(24)7-15)19(25)22-17-8-23(9-17)20(26)12-2-3-13-10-29-11-16(13)4-12/h2-7,17,24H,8-11H2,1H3,(H,22,25). The molecule has 0 spiro atoms. The van der Waals surface area contributed by atoms with Gasteiger partial charge in [0.15, 0.2) is 0 Å². The van der Waals surface area contributed by atoms with Gasteiger partial charge in [-0.05, 0) is 41.5 Å². The number of aromatic hydroxyl groups is 1. The Morgan fingerprint density at radius 3 is 2.52 bits per heavy atom. The first-order valence-electron chi connectivity index (χ1n) is 9.16. The van der Waals surface area contributed by atoms with E-state index in [9.17, 15) is 19.5 Å². The van der Waals surface area contributed by atoms with Crippen molar-refractivity contribution in [1.82, 2.24) is 10.2 Å². The number of ether oxygens (including phenoxy) is 2. The minimum atomic E-state index is -0.643. The lowest BCUT2D eigenvalue weighted by Gasteiger charge is -2.39. The van der Waals surface area contributed by atoms with Crippen LogP contribution in [-0.4, -0.2) is 54.0 Å². The molecule has 150 valence electrons. The summed E-state index contributed by atoms with van der Waals surface area (Å²) in [6.45, 7) is 1.88. The molecule has 8 nitrogen and oxygen atoms in total. The number of carbonyl (C=O) groups is 3. The number of carbonyl (C=O) groups excluding carboxylic acids is 3. The fourth-order valence-electron chi connectivity index (χ4n) is 3.47. The number of likely N-dealkylation sites (tertiary alicyclic amines) is 1. The molecule has 1 saturated heterocycles. The molecule has 2 aromatic carbocycles. The molecule has 0 aliphatic carbocycles. The van der Waals surface area contributed by atoms with Crippen molar-refractivity contribution in [3.8, 4) is 5.75 Å². The zero-order valence-electron chi connectivity index (χ0n) is 15.8. The van der Waals surface area contributed by atoms with Gasteiger partial charge >= 0.3 is 5.97 Å². The van der Waals surface area contributed by atoms with Crippen LogP contribution in [0.1, 0.15) is 42.2 Å². The van der Waals surface area contributed by atoms with E-state index in [1.165, 1.54) is 25.3 Å². The van der Waals surface area contributed by atoms with Crippen LogP contribution in [0, 0.1) is 0 Å². The number of rotatable bonds is 4. The lowest BCUT2D eigenvalue weighted by molar-refractivity contribution is 0.0541. The van der Waals surface area contributed by atoms with Crippen molar-refractivity contribution in [1.29, 1.82) is 0 Å². The van der Waals surface area contributed by atoms with E-state index >= 15 is 0 Å². The van der Waals surface area contributed by atoms with Gasteiger partial charge in [0.1, 0.15) is 5.75 Å². The minimum absolute atomic E-state index is 0.0867. The molecular formula is C21H20N2O6. The van der Waals surface area contributed by atoms with Gasteiger partial charge in [0.05, 0.1) is 31.9 Å². The summed E-state index contributed by atoms with van der Waals surface area (Å²) in [5, 5.41) is 12.6. The molecule has 2 aliphatic rings. The summed E-state index contributed by atoms with van der Waals surface area (Å²) < 4.78 is 9.99. The van der Waals surface area contributed by atoms with Crippen molar-refractivity contribution < 1.29 is 29.0 Å². The second-order valence-corrected chi connectivity index (χ2v) is 7.12. The number of esters is 1. The van der Waals surface area contributed by atoms with Crippen LogP contribution >= 0.6 is 0 Å². The van der Waals surface area contributed by atoms with E-state index in [0.29, 0.717) is 31.9 Å². The van der Waals surface area contributed by atoms with E-state index < -0.39 is 11.9 Å². The van der Waals surface area contributed by atoms with Gasteiger partial charge in [-0.3, -0.25) is 9.59 Å². The molecule has 2 aromatic rings. The number of benzene rings is 2. The molecular weight excluding hydrogens is 376 g/mol. The molecule has 0 saturated carbocycles. The fraction of sp³-hybridized carbons (Fsp3) is 0.286. The molecule has 0 unspecified atom stereocenters. The third kappa shape index (κ3) is 3.79. The number of methoxy groups -OCH3 is 1. The SMILES string of the molecule is COC(=O)c1cc(O)cc(C(=O)NC2CN(C(=O)c3ccc4c(c3)COC4)C2)c1. The molecule has 0 bridgehead atoms. The largest absolute Gasteiger partial charge is 0.508 e. The van der Waals surface area contributed by atoms with Gasteiger partial charge in [-0.15, -0.1) is 0 Å². The van der Waals surface area contributed by atoms with E-state index in [1.807, 2.05) is 12.1 Å². The van der Waals surface area contributed by atoms with Crippen molar-refractivity contribution in [2.75, 3.05) is 20.2 Å². The molecule has 0 aromatic heterocycles. The van der Waals surface area contributed by atoms with Crippen LogP contribution in [0.25, 0.3) is 0 Å². The smallest absolute Gasteiger partial charge is 0.338 e. The highest BCUT2D eigenvalue weighted by Crippen LogP contribution is 2.23. The molecule has 1 fully saturated rings. The molecule has 2 amide bonds. The van der Waals surface area contributed by atoms with Crippen LogP contribution in [0.2, 0.25) is 0 Å². The van der Waals surface area contributed by atoms with Gasteiger partial charge in [-0.2, -0.15) is 0 Å². The fourth-order valence-corrected chi connectivity index (χ4v) is 3.47. The third-order valence-corrected chi connectivity index (χ3v) is 5.07. The number of hydrogen-bond donors (Lipinski definition) is 2. The Morgan fingerprint density at radius 2 is 1.76 bits per heavy atom. The van der Waals surface area contributed by atoms with Gasteiger partial charge in [0.2, 0.25) is 0 Å². The number of amides is 2. The van der Waals surface area contributed by atoms with Gasteiger partial charge in [0, 0.05) is 24.2 Å². The van der Waals surface area contributed by atoms with Gasteiger partial charge in [0.25, 0.3) is 11.8 Å². The van der Waals surface area contributed by atoms with Crippen LogP contribution in [0.5, 0.6) is 5.75 Å². The van der Waals surface area contributed by atoms with Crippen LogP contribution in [-0.2, 0) is 22.7 Å². The first-order valence-corrected chi connectivity index (χ1v) is 9.16. The molecule has 2 heterocycles. The van der Waals surface area contributed by atoms with E-state index in [0.717, 1.165) is 11.1 Å². The van der Waals surface area contributed by atoms with Gasteiger partial charge < -0.3 is 24.8 Å². The van der Waals surface area contributed by atoms with E-state index in [1.54, 1.807) is 11.0 Å². The zero-order chi connectivity index (χ0) is 20.5. The maximum Gasteiger partial charge on any atom is 0.338 e. The predicted octanol–water partition coefficient (Wildman–Crippen LogP) is 1.46. The summed E-state index contributed by atoms with van der Waals surface area (Å²) in [6.07, 6.45) is 0. The molecule has 0 atom stereocenters. The van der Waals surface area contributed by atoms with Crippen molar-refractivity contribution in [3.05, 3.63) is 64.2 Å². The summed E-state index contributed by atoms with van der Waals surface area (Å²) in [5.74, 6) is -1.37. The lowest BCUT2D eigenvalue weighted by atomic mass is 10.0. The average Bonchev–Trinajstić information content (AvgIpc) is 3.16. The van der Waals surface area contributed by atoms with Crippen molar-refractivity contribution in [2.24, 2.45) is 0 Å². The van der Waals surface area contributed by atoms with Gasteiger partial charge in [-0.1, -0.05) is 6.07 Å². The first-order chi connectivity index (χ1) is 13.9. The maximum atomic E-state index is 12.6. The Hall–Kier alpha value is -3.39. The number of nitrogens with zero attached hydrogens (tertiary/aromatic N) is 1. The summed E-state index contributed by atoms with van der Waals surface area (Å²) in [5.41, 5.74) is 2.98. The van der Waals surface area contributed by atoms with E-state index in [4.69, 9.17) is 4.74 Å². The van der Waals surface area contributed by atoms with Crippen molar-refractivity contribution in [3.63, 3.8) is 0 Å². The Balaban J connectivity index is 1.36. The highest BCUT2D eigenvalue weighted by molar-refractivity contribution is 5.99. The quantitative estimate of drug-likeness (QED) is 0.759. The van der Waals surface area contributed by atoms with Gasteiger partial charge in [-0.25, -0.2) is 4.79 Å². The Morgan fingerprint density at radius 1 is 1.03 bits per heavy atom. The predicted molar refractivity (Wildman–Crippen MR) is 102 cm³/mol. The van der Waals surface area contributed by atoms with Crippen LogP contribution in [0.4, 0.5) is 0 Å². The Kier molecular flexibility index (Phi) is 4.94. The first kappa shape index (κ1) is 18.9. The van der Waals surface area contributed by atoms with Crippen LogP contribution in [0.15, 0.2) is 36.4 Å². The molecule has 2 N–H and O–H groups in total. The number of fused-ring (bicyclic) bond motifs is 1. The van der Waals surface area contributed by atoms with Crippen LogP contribution in [0.3, 0.4) is 0 Å². The number of phenolic OH excluding ortho intramolecular Hbond substituents is 1. The monoisotopic (exact) mass is 396 g/mol. The highest BCUT2D eigenvalue weighted by atomic mass is 16.5.